The van der Waals surface area contributed by atoms with Crippen LogP contribution < -0.4 is 4.74 Å². The molecule has 1 aromatic heterocycles. The van der Waals surface area contributed by atoms with Crippen LogP contribution in [-0.2, 0) is 0 Å². The Morgan fingerprint density at radius 1 is 1.05 bits per heavy atom. The lowest BCUT2D eigenvalue weighted by atomic mass is 10.1. The standard InChI is InChI=1S/C18H23BrOS/c1-3-4-5-6-7-14(2)20-18-13-12-17(21-18)15-8-10-16(19)11-9-15/h8-14H,3-7H2,1-2H3. The topological polar surface area (TPSA) is 9.23 Å². The number of hydrogen-bond acceptors (Lipinski definition) is 2. The summed E-state index contributed by atoms with van der Waals surface area (Å²) < 4.78 is 7.14. The summed E-state index contributed by atoms with van der Waals surface area (Å²) in [6.45, 7) is 4.42. The highest BCUT2D eigenvalue weighted by Gasteiger charge is 2.08. The highest BCUT2D eigenvalue weighted by molar-refractivity contribution is 9.10. The first-order chi connectivity index (χ1) is 10.2. The van der Waals surface area contributed by atoms with E-state index in [-0.39, 0.29) is 0 Å². The third kappa shape index (κ3) is 5.48. The van der Waals surface area contributed by atoms with Crippen LogP contribution in [0, 0.1) is 0 Å². The number of hydrogen-bond donors (Lipinski definition) is 0. The smallest absolute Gasteiger partial charge is 0.174 e. The molecule has 0 spiro atoms. The second-order valence-corrected chi connectivity index (χ2v) is 7.37. The van der Waals surface area contributed by atoms with Crippen molar-refractivity contribution in [1.29, 1.82) is 0 Å². The molecule has 0 radical (unpaired) electrons. The van der Waals surface area contributed by atoms with E-state index < -0.39 is 0 Å². The maximum atomic E-state index is 6.03. The second kappa shape index (κ2) is 8.60. The molecule has 1 heterocycles. The summed E-state index contributed by atoms with van der Waals surface area (Å²) in [6.07, 6.45) is 6.65. The van der Waals surface area contributed by atoms with Crippen LogP contribution in [0.15, 0.2) is 40.9 Å². The summed E-state index contributed by atoms with van der Waals surface area (Å²) in [7, 11) is 0. The second-order valence-electron chi connectivity index (χ2n) is 5.40. The molecule has 0 fully saturated rings. The molecule has 1 nitrogen and oxygen atoms in total. The zero-order valence-corrected chi connectivity index (χ0v) is 15.2. The maximum absolute atomic E-state index is 6.03. The van der Waals surface area contributed by atoms with Gasteiger partial charge in [0.2, 0.25) is 0 Å². The van der Waals surface area contributed by atoms with Gasteiger partial charge in [-0.25, -0.2) is 0 Å². The molecule has 114 valence electrons. The van der Waals surface area contributed by atoms with Crippen molar-refractivity contribution in [1.82, 2.24) is 0 Å². The number of halogens is 1. The van der Waals surface area contributed by atoms with Crippen molar-refractivity contribution >= 4 is 27.3 Å². The molecule has 1 aromatic carbocycles. The zero-order chi connectivity index (χ0) is 15.1. The van der Waals surface area contributed by atoms with E-state index in [1.807, 2.05) is 0 Å². The number of rotatable bonds is 8. The fraction of sp³-hybridized carbons (Fsp3) is 0.444. The van der Waals surface area contributed by atoms with E-state index in [1.165, 1.54) is 36.1 Å². The fourth-order valence-corrected chi connectivity index (χ4v) is 3.49. The highest BCUT2D eigenvalue weighted by Crippen LogP contribution is 2.34. The largest absolute Gasteiger partial charge is 0.481 e. The predicted octanol–water partition coefficient (Wildman–Crippen LogP) is 6.92. The summed E-state index contributed by atoms with van der Waals surface area (Å²) >= 11 is 5.20. The lowest BCUT2D eigenvalue weighted by Crippen LogP contribution is -2.10. The summed E-state index contributed by atoms with van der Waals surface area (Å²) in [4.78, 5) is 1.26. The predicted molar refractivity (Wildman–Crippen MR) is 96.3 cm³/mol. The van der Waals surface area contributed by atoms with Gasteiger partial charge >= 0.3 is 0 Å². The molecule has 0 bridgehead atoms. The van der Waals surface area contributed by atoms with Gasteiger partial charge in [-0.3, -0.25) is 0 Å². The van der Waals surface area contributed by atoms with E-state index in [2.05, 4.69) is 66.2 Å². The van der Waals surface area contributed by atoms with Gasteiger partial charge in [0.25, 0.3) is 0 Å². The van der Waals surface area contributed by atoms with Gasteiger partial charge in [-0.15, -0.1) is 0 Å². The first-order valence-electron chi connectivity index (χ1n) is 7.71. The molecule has 2 aromatic rings. The van der Waals surface area contributed by atoms with E-state index in [9.17, 15) is 0 Å². The molecule has 0 saturated heterocycles. The molecule has 0 saturated carbocycles. The Morgan fingerprint density at radius 2 is 1.81 bits per heavy atom. The minimum atomic E-state index is 0.304. The molecular formula is C18H23BrOS. The maximum Gasteiger partial charge on any atom is 0.174 e. The fourth-order valence-electron chi connectivity index (χ4n) is 2.27. The molecular weight excluding hydrogens is 344 g/mol. The van der Waals surface area contributed by atoms with Crippen molar-refractivity contribution in [2.24, 2.45) is 0 Å². The van der Waals surface area contributed by atoms with Crippen LogP contribution in [0.5, 0.6) is 5.06 Å². The first kappa shape index (κ1) is 16.6. The van der Waals surface area contributed by atoms with Crippen molar-refractivity contribution in [3.63, 3.8) is 0 Å². The third-order valence-corrected chi connectivity index (χ3v) is 5.05. The number of ether oxygens (including phenoxy) is 1. The minimum Gasteiger partial charge on any atom is -0.481 e. The van der Waals surface area contributed by atoms with Gasteiger partial charge in [0.05, 0.1) is 6.10 Å². The Hall–Kier alpha value is -0.800. The Morgan fingerprint density at radius 3 is 2.52 bits per heavy atom. The van der Waals surface area contributed by atoms with Crippen molar-refractivity contribution in [2.75, 3.05) is 0 Å². The lowest BCUT2D eigenvalue weighted by molar-refractivity contribution is 0.213. The van der Waals surface area contributed by atoms with Crippen molar-refractivity contribution in [3.05, 3.63) is 40.9 Å². The SMILES string of the molecule is CCCCCCC(C)Oc1ccc(-c2ccc(Br)cc2)s1. The average Bonchev–Trinajstić information content (AvgIpc) is 2.93. The van der Waals surface area contributed by atoms with Crippen molar-refractivity contribution in [3.8, 4) is 15.5 Å². The third-order valence-electron chi connectivity index (χ3n) is 3.49. The summed E-state index contributed by atoms with van der Waals surface area (Å²) in [5.41, 5.74) is 1.24. The van der Waals surface area contributed by atoms with Gasteiger partial charge in [0.15, 0.2) is 5.06 Å². The molecule has 21 heavy (non-hydrogen) atoms. The zero-order valence-electron chi connectivity index (χ0n) is 12.8. The molecule has 0 amide bonds. The summed E-state index contributed by atoms with van der Waals surface area (Å²) in [6, 6.07) is 12.7. The molecule has 2 rings (SSSR count). The van der Waals surface area contributed by atoms with Gasteiger partial charge in [-0.05, 0) is 49.6 Å². The van der Waals surface area contributed by atoms with Crippen LogP contribution in [0.4, 0.5) is 0 Å². The average molecular weight is 367 g/mol. The van der Waals surface area contributed by atoms with Crippen LogP contribution >= 0.6 is 27.3 Å². The van der Waals surface area contributed by atoms with E-state index >= 15 is 0 Å². The Balaban J connectivity index is 1.86. The normalized spacial score (nSPS) is 12.3. The lowest BCUT2D eigenvalue weighted by Gasteiger charge is -2.12. The summed E-state index contributed by atoms with van der Waals surface area (Å²) in [5, 5.41) is 1.02. The van der Waals surface area contributed by atoms with Crippen LogP contribution in [0.3, 0.4) is 0 Å². The van der Waals surface area contributed by atoms with Crippen LogP contribution in [0.25, 0.3) is 10.4 Å². The number of thiophene rings is 1. The van der Waals surface area contributed by atoms with E-state index in [0.29, 0.717) is 6.10 Å². The first-order valence-corrected chi connectivity index (χ1v) is 9.32. The van der Waals surface area contributed by atoms with E-state index in [4.69, 9.17) is 4.74 Å². The Kier molecular flexibility index (Phi) is 6.78. The number of benzene rings is 1. The minimum absolute atomic E-state index is 0.304. The van der Waals surface area contributed by atoms with Crippen molar-refractivity contribution in [2.45, 2.75) is 52.1 Å². The van der Waals surface area contributed by atoms with Gasteiger partial charge < -0.3 is 4.74 Å². The molecule has 3 heteroatoms. The highest BCUT2D eigenvalue weighted by atomic mass is 79.9. The van der Waals surface area contributed by atoms with Crippen LogP contribution in [-0.4, -0.2) is 6.10 Å². The molecule has 0 aliphatic heterocycles. The molecule has 0 aliphatic carbocycles. The van der Waals surface area contributed by atoms with Gasteiger partial charge in [-0.1, -0.05) is 65.6 Å². The monoisotopic (exact) mass is 366 g/mol. The molecule has 0 aliphatic rings. The van der Waals surface area contributed by atoms with Gasteiger partial charge in [0.1, 0.15) is 0 Å². The molecule has 0 N–H and O–H groups in total. The van der Waals surface area contributed by atoms with E-state index in [1.54, 1.807) is 11.3 Å². The Bertz CT molecular complexity index is 532. The van der Waals surface area contributed by atoms with Crippen LogP contribution in [0.2, 0.25) is 0 Å². The van der Waals surface area contributed by atoms with Gasteiger partial charge in [0, 0.05) is 9.35 Å². The van der Waals surface area contributed by atoms with Crippen molar-refractivity contribution < 1.29 is 4.74 Å². The quantitative estimate of drug-likeness (QED) is 0.460. The molecule has 1 unspecified atom stereocenters. The van der Waals surface area contributed by atoms with E-state index in [0.717, 1.165) is 16.0 Å². The van der Waals surface area contributed by atoms with Gasteiger partial charge in [-0.2, -0.15) is 0 Å². The number of unbranched alkanes of at least 4 members (excludes halogenated alkanes) is 3. The van der Waals surface area contributed by atoms with Crippen LogP contribution in [0.1, 0.15) is 46.0 Å². The Labute approximate surface area is 140 Å². The summed E-state index contributed by atoms with van der Waals surface area (Å²) in [5.74, 6) is 0. The molecule has 1 atom stereocenters.